The smallest absolute Gasteiger partial charge is 0.244 e. The molecule has 0 bridgehead atoms. The third-order valence-electron chi connectivity index (χ3n) is 4.51. The Kier molecular flexibility index (Phi) is 6.80. The second kappa shape index (κ2) is 9.54. The predicted octanol–water partition coefficient (Wildman–Crippen LogP) is 1.92. The van der Waals surface area contributed by atoms with E-state index in [1.54, 1.807) is 11.8 Å². The van der Waals surface area contributed by atoms with Crippen molar-refractivity contribution < 1.29 is 4.74 Å². The van der Waals surface area contributed by atoms with Gasteiger partial charge < -0.3 is 15.4 Å². The number of aromatic nitrogens is 3. The molecule has 1 aromatic rings. The molecule has 0 aromatic carbocycles. The van der Waals surface area contributed by atoms with Crippen molar-refractivity contribution in [1.82, 2.24) is 20.1 Å². The Balaban J connectivity index is 1.37. The molecule has 0 amide bonds. The van der Waals surface area contributed by atoms with E-state index in [0.29, 0.717) is 5.95 Å². The molecule has 0 atom stereocenters. The van der Waals surface area contributed by atoms with E-state index >= 15 is 0 Å². The molecule has 2 aliphatic rings. The summed E-state index contributed by atoms with van der Waals surface area (Å²) in [7, 11) is 0. The fraction of sp³-hybridized carbons (Fsp3) is 0.706. The van der Waals surface area contributed by atoms with Crippen LogP contribution in [0.2, 0.25) is 0 Å². The van der Waals surface area contributed by atoms with E-state index in [4.69, 9.17) is 4.74 Å². The van der Waals surface area contributed by atoms with Crippen LogP contribution in [0.3, 0.4) is 0 Å². The average molecular weight is 332 g/mol. The number of hydrogen-bond acceptors (Lipinski definition) is 7. The molecule has 0 saturated carbocycles. The van der Waals surface area contributed by atoms with Crippen LogP contribution in [0.25, 0.3) is 0 Å². The number of nitrogens with zero attached hydrogens (tertiary/aromatic N) is 4. The number of rotatable bonds is 8. The topological polar surface area (TPSA) is 75.2 Å². The Labute approximate surface area is 143 Å². The van der Waals surface area contributed by atoms with Crippen molar-refractivity contribution >= 4 is 11.8 Å². The molecule has 2 N–H and O–H groups in total. The summed E-state index contributed by atoms with van der Waals surface area (Å²) in [6.45, 7) is 6.39. The summed E-state index contributed by atoms with van der Waals surface area (Å²) < 4.78 is 5.36. The van der Waals surface area contributed by atoms with E-state index in [1.165, 1.54) is 25.7 Å². The molecule has 132 valence electrons. The van der Waals surface area contributed by atoms with Gasteiger partial charge in [0.25, 0.3) is 0 Å². The van der Waals surface area contributed by atoms with Crippen LogP contribution in [0.1, 0.15) is 32.1 Å². The highest BCUT2D eigenvalue weighted by atomic mass is 16.5. The van der Waals surface area contributed by atoms with E-state index in [1.807, 2.05) is 0 Å². The quantitative estimate of drug-likeness (QED) is 0.704. The summed E-state index contributed by atoms with van der Waals surface area (Å²) in [5.41, 5.74) is 1.56. The number of hydrogen-bond donors (Lipinski definition) is 2. The van der Waals surface area contributed by atoms with Crippen LogP contribution >= 0.6 is 0 Å². The maximum atomic E-state index is 5.36. The van der Waals surface area contributed by atoms with Crippen molar-refractivity contribution in [3.8, 4) is 0 Å². The van der Waals surface area contributed by atoms with Crippen LogP contribution in [0, 0.1) is 0 Å². The number of anilines is 2. The largest absolute Gasteiger partial charge is 0.379 e. The van der Waals surface area contributed by atoms with Crippen molar-refractivity contribution in [2.45, 2.75) is 32.1 Å². The molecule has 1 aromatic heterocycles. The van der Waals surface area contributed by atoms with Crippen LogP contribution in [-0.4, -0.2) is 66.0 Å². The monoisotopic (exact) mass is 332 g/mol. The summed E-state index contributed by atoms with van der Waals surface area (Å²) in [6.07, 6.45) is 10.3. The predicted molar refractivity (Wildman–Crippen MR) is 95.2 cm³/mol. The molecule has 2 heterocycles. The molecule has 0 unspecified atom stereocenters. The third-order valence-corrected chi connectivity index (χ3v) is 4.51. The lowest BCUT2D eigenvalue weighted by Crippen LogP contribution is -2.39. The van der Waals surface area contributed by atoms with Crippen LogP contribution in [0.4, 0.5) is 11.8 Å². The minimum Gasteiger partial charge on any atom is -0.379 e. The lowest BCUT2D eigenvalue weighted by Gasteiger charge is -2.26. The lowest BCUT2D eigenvalue weighted by molar-refractivity contribution is 0.0398. The van der Waals surface area contributed by atoms with E-state index in [9.17, 15) is 0 Å². The van der Waals surface area contributed by atoms with Gasteiger partial charge in [-0.05, 0) is 32.1 Å². The summed E-state index contributed by atoms with van der Waals surface area (Å²) in [5.74, 6) is 1.38. The molecular weight excluding hydrogens is 304 g/mol. The van der Waals surface area contributed by atoms with Crippen LogP contribution in [0.15, 0.2) is 17.8 Å². The molecule has 0 radical (unpaired) electrons. The highest BCUT2D eigenvalue weighted by Crippen LogP contribution is 2.19. The third kappa shape index (κ3) is 5.72. The lowest BCUT2D eigenvalue weighted by atomic mass is 9.97. The summed E-state index contributed by atoms with van der Waals surface area (Å²) in [6, 6.07) is 0. The standard InChI is InChI=1S/C17H28N6O/c1-2-4-15(5-3-1)6-7-19-17-21-16(14-20-22-17)18-8-9-23-10-12-24-13-11-23/h4,14H,1-3,5-13H2,(H2,18,19,21,22). The average Bonchev–Trinajstić information content (AvgIpc) is 2.64. The Morgan fingerprint density at radius 3 is 2.88 bits per heavy atom. The molecule has 0 spiro atoms. The normalized spacial score (nSPS) is 18.9. The maximum Gasteiger partial charge on any atom is 0.244 e. The molecule has 1 fully saturated rings. The van der Waals surface area contributed by atoms with Gasteiger partial charge in [0.2, 0.25) is 5.95 Å². The minimum absolute atomic E-state index is 0.600. The number of allylic oxidation sites excluding steroid dienone is 1. The summed E-state index contributed by atoms with van der Waals surface area (Å²) in [5, 5.41) is 14.7. The maximum absolute atomic E-state index is 5.36. The Hall–Kier alpha value is -1.73. The van der Waals surface area contributed by atoms with Gasteiger partial charge in [-0.25, -0.2) is 0 Å². The van der Waals surface area contributed by atoms with Crippen molar-refractivity contribution in [1.29, 1.82) is 0 Å². The minimum atomic E-state index is 0.600. The van der Waals surface area contributed by atoms with E-state index < -0.39 is 0 Å². The van der Waals surface area contributed by atoms with Crippen molar-refractivity contribution in [2.24, 2.45) is 0 Å². The Morgan fingerprint density at radius 1 is 1.12 bits per heavy atom. The fourth-order valence-corrected chi connectivity index (χ4v) is 3.10. The van der Waals surface area contributed by atoms with Crippen molar-refractivity contribution in [2.75, 3.05) is 56.6 Å². The van der Waals surface area contributed by atoms with Gasteiger partial charge in [0, 0.05) is 32.7 Å². The molecular formula is C17H28N6O. The zero-order valence-electron chi connectivity index (χ0n) is 14.3. The zero-order valence-corrected chi connectivity index (χ0v) is 14.3. The highest BCUT2D eigenvalue weighted by Gasteiger charge is 2.09. The van der Waals surface area contributed by atoms with Crippen LogP contribution in [0.5, 0.6) is 0 Å². The van der Waals surface area contributed by atoms with E-state index in [2.05, 4.69) is 36.8 Å². The first-order chi connectivity index (χ1) is 11.9. The van der Waals surface area contributed by atoms with Crippen molar-refractivity contribution in [3.05, 3.63) is 17.8 Å². The van der Waals surface area contributed by atoms with Gasteiger partial charge in [-0.2, -0.15) is 10.1 Å². The number of morpholine rings is 1. The molecule has 7 nitrogen and oxygen atoms in total. The Bertz CT molecular complexity index is 530. The van der Waals surface area contributed by atoms with Gasteiger partial charge in [-0.3, -0.25) is 4.90 Å². The van der Waals surface area contributed by atoms with Gasteiger partial charge in [0.15, 0.2) is 5.82 Å². The molecule has 1 aliphatic heterocycles. The van der Waals surface area contributed by atoms with E-state index in [0.717, 1.165) is 58.2 Å². The molecule has 24 heavy (non-hydrogen) atoms. The zero-order chi connectivity index (χ0) is 16.5. The van der Waals surface area contributed by atoms with Crippen LogP contribution < -0.4 is 10.6 Å². The van der Waals surface area contributed by atoms with Gasteiger partial charge in [0.05, 0.1) is 19.4 Å². The van der Waals surface area contributed by atoms with Gasteiger partial charge in [-0.15, -0.1) is 5.10 Å². The van der Waals surface area contributed by atoms with Gasteiger partial charge in [0.1, 0.15) is 0 Å². The molecule has 1 saturated heterocycles. The van der Waals surface area contributed by atoms with E-state index in [-0.39, 0.29) is 0 Å². The van der Waals surface area contributed by atoms with Gasteiger partial charge in [-0.1, -0.05) is 11.6 Å². The van der Waals surface area contributed by atoms with Crippen LogP contribution in [-0.2, 0) is 4.74 Å². The highest BCUT2D eigenvalue weighted by molar-refractivity contribution is 5.36. The van der Waals surface area contributed by atoms with Gasteiger partial charge >= 0.3 is 0 Å². The number of nitrogens with one attached hydrogen (secondary N) is 2. The first-order valence-corrected chi connectivity index (χ1v) is 9.05. The molecule has 1 aliphatic carbocycles. The SMILES string of the molecule is C1=C(CCNc2nncc(NCCN3CCOCC3)n2)CCCC1. The Morgan fingerprint density at radius 2 is 2.04 bits per heavy atom. The fourth-order valence-electron chi connectivity index (χ4n) is 3.10. The second-order valence-electron chi connectivity index (χ2n) is 6.33. The summed E-state index contributed by atoms with van der Waals surface area (Å²) >= 11 is 0. The summed E-state index contributed by atoms with van der Waals surface area (Å²) in [4.78, 5) is 6.87. The molecule has 7 heteroatoms. The first-order valence-electron chi connectivity index (χ1n) is 9.05. The number of ether oxygens (including phenoxy) is 1. The molecule has 3 rings (SSSR count). The first kappa shape index (κ1) is 17.1. The van der Waals surface area contributed by atoms with Crippen molar-refractivity contribution in [3.63, 3.8) is 0 Å². The second-order valence-corrected chi connectivity index (χ2v) is 6.33.